The molecule has 3 heteroatoms. The van der Waals surface area contributed by atoms with Gasteiger partial charge in [0.25, 0.3) is 0 Å². The van der Waals surface area contributed by atoms with Gasteiger partial charge in [0.05, 0.1) is 0 Å². The van der Waals surface area contributed by atoms with Crippen molar-refractivity contribution in [3.63, 3.8) is 0 Å². The second kappa shape index (κ2) is 2.72. The van der Waals surface area contributed by atoms with Gasteiger partial charge in [0, 0.05) is 5.75 Å². The maximum absolute atomic E-state index is 5.36. The van der Waals surface area contributed by atoms with Gasteiger partial charge in [-0.05, 0) is 31.3 Å². The van der Waals surface area contributed by atoms with Crippen LogP contribution >= 0.6 is 24.7 Å². The van der Waals surface area contributed by atoms with Gasteiger partial charge in [-0.1, -0.05) is 6.92 Å². The van der Waals surface area contributed by atoms with Crippen LogP contribution in [-0.4, -0.2) is 10.7 Å². The second-order valence-corrected chi connectivity index (χ2v) is 4.35. The molecule has 0 amide bonds. The molecule has 1 rings (SSSR count). The molecule has 0 bridgehead atoms. The van der Waals surface area contributed by atoms with Crippen molar-refractivity contribution in [3.8, 4) is 0 Å². The largest absolute Gasteiger partial charge is 0.298 e. The summed E-state index contributed by atoms with van der Waals surface area (Å²) >= 11 is 5.90. The summed E-state index contributed by atoms with van der Waals surface area (Å²) in [4.78, 5) is -0.205. The van der Waals surface area contributed by atoms with E-state index in [1.54, 1.807) is 0 Å². The summed E-state index contributed by atoms with van der Waals surface area (Å²) in [7, 11) is 0. The van der Waals surface area contributed by atoms with Crippen molar-refractivity contribution < 1.29 is 4.18 Å². The number of thiol groups is 1. The Labute approximate surface area is 66.2 Å². The van der Waals surface area contributed by atoms with Crippen LogP contribution in [0.2, 0.25) is 0 Å². The number of hydrogen-bond donors (Lipinski definition) is 1. The first-order valence-electron chi connectivity index (χ1n) is 3.16. The van der Waals surface area contributed by atoms with E-state index in [1.165, 1.54) is 18.5 Å². The molecule has 0 spiro atoms. The van der Waals surface area contributed by atoms with E-state index in [0.29, 0.717) is 5.92 Å². The third kappa shape index (κ3) is 1.79. The van der Waals surface area contributed by atoms with Gasteiger partial charge in [-0.2, -0.15) is 0 Å². The Balaban J connectivity index is 2.49. The molecule has 0 saturated carbocycles. The summed E-state index contributed by atoms with van der Waals surface area (Å²) in [5.74, 6) is 1.68. The van der Waals surface area contributed by atoms with Gasteiger partial charge < -0.3 is 0 Å². The Hall–Kier alpha value is 0.660. The topological polar surface area (TPSA) is 9.23 Å². The van der Waals surface area contributed by atoms with Crippen LogP contribution in [0.25, 0.3) is 0 Å². The lowest BCUT2D eigenvalue weighted by Gasteiger charge is -2.33. The highest BCUT2D eigenvalue weighted by Crippen LogP contribution is 2.37. The van der Waals surface area contributed by atoms with Crippen LogP contribution in [0.5, 0.6) is 0 Å². The van der Waals surface area contributed by atoms with Gasteiger partial charge in [-0.15, -0.1) is 12.6 Å². The lowest BCUT2D eigenvalue weighted by molar-refractivity contribution is 0.141. The Morgan fingerprint density at radius 3 is 2.78 bits per heavy atom. The molecule has 54 valence electrons. The molecule has 1 heterocycles. The molecule has 9 heavy (non-hydrogen) atoms. The van der Waals surface area contributed by atoms with Crippen molar-refractivity contribution in [2.24, 2.45) is 5.92 Å². The van der Waals surface area contributed by atoms with E-state index >= 15 is 0 Å². The van der Waals surface area contributed by atoms with Crippen LogP contribution in [0, 0.1) is 5.92 Å². The van der Waals surface area contributed by atoms with Crippen LogP contribution < -0.4 is 0 Å². The van der Waals surface area contributed by atoms with E-state index in [2.05, 4.69) is 19.6 Å². The molecular weight excluding hydrogens is 152 g/mol. The Morgan fingerprint density at radius 2 is 2.44 bits per heavy atom. The molecule has 1 aliphatic heterocycles. The van der Waals surface area contributed by atoms with Gasteiger partial charge in [-0.3, -0.25) is 4.18 Å². The van der Waals surface area contributed by atoms with Gasteiger partial charge in [0.15, 0.2) is 0 Å². The highest BCUT2D eigenvalue weighted by atomic mass is 32.2. The average Bonchev–Trinajstić information content (AvgIpc) is 1.77. The van der Waals surface area contributed by atoms with E-state index < -0.39 is 0 Å². The zero-order valence-electron chi connectivity index (χ0n) is 5.76. The van der Waals surface area contributed by atoms with Crippen LogP contribution in [0.3, 0.4) is 0 Å². The molecule has 2 atom stereocenters. The Kier molecular flexibility index (Phi) is 2.35. The fraction of sp³-hybridized carbons (Fsp3) is 1.00. The van der Waals surface area contributed by atoms with Crippen LogP contribution in [0.15, 0.2) is 0 Å². The highest BCUT2D eigenvalue weighted by Gasteiger charge is 2.31. The van der Waals surface area contributed by atoms with Crippen LogP contribution in [0.4, 0.5) is 0 Å². The number of hydrogen-bond acceptors (Lipinski definition) is 3. The van der Waals surface area contributed by atoms with E-state index in [0.717, 1.165) is 5.75 Å². The van der Waals surface area contributed by atoms with Crippen molar-refractivity contribution >= 4 is 24.7 Å². The Bertz CT molecular complexity index is 103. The molecule has 1 nitrogen and oxygen atoms in total. The fourth-order valence-corrected chi connectivity index (χ4v) is 1.96. The fourth-order valence-electron chi connectivity index (χ4n) is 0.736. The van der Waals surface area contributed by atoms with Gasteiger partial charge in [0.2, 0.25) is 0 Å². The lowest BCUT2D eigenvalue weighted by atomic mass is 10.0. The first-order chi connectivity index (χ1) is 4.13. The summed E-state index contributed by atoms with van der Waals surface area (Å²) in [6.07, 6.45) is 1.21. The van der Waals surface area contributed by atoms with E-state index in [1.807, 2.05) is 6.92 Å². The van der Waals surface area contributed by atoms with Crippen LogP contribution in [0.1, 0.15) is 20.3 Å². The van der Waals surface area contributed by atoms with Gasteiger partial charge >= 0.3 is 0 Å². The van der Waals surface area contributed by atoms with E-state index in [4.69, 9.17) is 4.18 Å². The summed E-state index contributed by atoms with van der Waals surface area (Å²) in [5, 5.41) is 0. The molecule has 0 aliphatic carbocycles. The van der Waals surface area contributed by atoms with Gasteiger partial charge in [0.1, 0.15) is 4.93 Å². The zero-order valence-corrected chi connectivity index (χ0v) is 7.47. The monoisotopic (exact) mass is 164 g/mol. The first kappa shape index (κ1) is 7.76. The van der Waals surface area contributed by atoms with E-state index in [-0.39, 0.29) is 4.93 Å². The molecule has 1 aliphatic rings. The van der Waals surface area contributed by atoms with Crippen molar-refractivity contribution in [2.45, 2.75) is 25.2 Å². The van der Waals surface area contributed by atoms with Crippen molar-refractivity contribution in [1.82, 2.24) is 0 Å². The summed E-state index contributed by atoms with van der Waals surface area (Å²) < 4.78 is 5.36. The van der Waals surface area contributed by atoms with Gasteiger partial charge in [-0.25, -0.2) is 0 Å². The van der Waals surface area contributed by atoms with Crippen molar-refractivity contribution in [1.29, 1.82) is 0 Å². The zero-order chi connectivity index (χ0) is 6.91. The van der Waals surface area contributed by atoms with E-state index in [9.17, 15) is 0 Å². The summed E-state index contributed by atoms with van der Waals surface area (Å²) in [5.41, 5.74) is 0. The van der Waals surface area contributed by atoms with Crippen molar-refractivity contribution in [2.75, 3.05) is 5.75 Å². The molecule has 0 aromatic rings. The summed E-state index contributed by atoms with van der Waals surface area (Å²) in [6, 6.07) is 0. The first-order valence-corrected chi connectivity index (χ1v) is 4.52. The quantitative estimate of drug-likeness (QED) is 0.434. The third-order valence-electron chi connectivity index (χ3n) is 1.78. The second-order valence-electron chi connectivity index (χ2n) is 2.65. The molecule has 0 N–H and O–H groups in total. The molecule has 0 aromatic carbocycles. The average molecular weight is 164 g/mol. The normalized spacial score (nSPS) is 45.0. The third-order valence-corrected chi connectivity index (χ3v) is 3.30. The molecule has 0 aromatic heterocycles. The molecule has 2 unspecified atom stereocenters. The summed E-state index contributed by atoms with van der Waals surface area (Å²) in [6.45, 7) is 4.19. The Morgan fingerprint density at radius 1 is 1.78 bits per heavy atom. The maximum atomic E-state index is 5.36. The number of rotatable bonds is 0. The SMILES string of the molecule is CC1CCSOC1(C)S. The smallest absolute Gasteiger partial charge is 0.125 e. The maximum Gasteiger partial charge on any atom is 0.125 e. The minimum absolute atomic E-state index is 0.205. The van der Waals surface area contributed by atoms with Crippen LogP contribution in [-0.2, 0) is 4.18 Å². The standard InChI is InChI=1S/C6H12OS2/c1-5-3-4-9-7-6(5,2)8/h5,8H,3-4H2,1-2H3. The van der Waals surface area contributed by atoms with Crippen molar-refractivity contribution in [3.05, 3.63) is 0 Å². The highest BCUT2D eigenvalue weighted by molar-refractivity contribution is 7.95. The minimum atomic E-state index is -0.205. The lowest BCUT2D eigenvalue weighted by Crippen LogP contribution is -2.31. The molecule has 1 saturated heterocycles. The minimum Gasteiger partial charge on any atom is -0.298 e. The molecule has 0 radical (unpaired) electrons. The molecule has 1 fully saturated rings. The molecular formula is C6H12OS2. The predicted molar refractivity (Wildman–Crippen MR) is 44.7 cm³/mol. The predicted octanol–water partition coefficient (Wildman–Crippen LogP) is 2.34.